The molecule has 0 spiro atoms. The van der Waals surface area contributed by atoms with Crippen LogP contribution < -0.4 is 0 Å². The predicted molar refractivity (Wildman–Crippen MR) is 73.8 cm³/mol. The molecule has 1 aromatic heterocycles. The van der Waals surface area contributed by atoms with Crippen LogP contribution in [0.15, 0.2) is 66.9 Å². The van der Waals surface area contributed by atoms with Gasteiger partial charge in [-0.2, -0.15) is 0 Å². The van der Waals surface area contributed by atoms with Crippen molar-refractivity contribution in [3.05, 3.63) is 78.1 Å². The van der Waals surface area contributed by atoms with Gasteiger partial charge in [-0.3, -0.25) is 9.78 Å². The van der Waals surface area contributed by atoms with Crippen LogP contribution in [0.3, 0.4) is 0 Å². The highest BCUT2D eigenvalue weighted by atomic mass is 16.1. The van der Waals surface area contributed by atoms with Crippen molar-refractivity contribution in [2.45, 2.75) is 0 Å². The van der Waals surface area contributed by atoms with Crippen LogP contribution in [0, 0.1) is 0 Å². The molecule has 0 N–H and O–H groups in total. The fraction of sp³-hybridized carbons (Fsp3) is 0. The second-order valence-electron chi connectivity index (χ2n) is 3.73. The Morgan fingerprint density at radius 1 is 0.889 bits per heavy atom. The van der Waals surface area contributed by atoms with Crippen molar-refractivity contribution in [1.82, 2.24) is 4.98 Å². The molecule has 0 bridgehead atoms. The van der Waals surface area contributed by atoms with Crippen molar-refractivity contribution in [3.63, 3.8) is 0 Å². The van der Waals surface area contributed by atoms with Gasteiger partial charge in [-0.15, -0.1) is 0 Å². The van der Waals surface area contributed by atoms with Gasteiger partial charge in [-0.05, 0) is 35.9 Å². The van der Waals surface area contributed by atoms with Gasteiger partial charge in [0.05, 0.1) is 5.69 Å². The van der Waals surface area contributed by atoms with Crippen LogP contribution in [0.5, 0.6) is 0 Å². The lowest BCUT2D eigenvalue weighted by molar-refractivity contribution is -0.110. The van der Waals surface area contributed by atoms with E-state index in [0.29, 0.717) is 0 Å². The van der Waals surface area contributed by atoms with Gasteiger partial charge in [-0.1, -0.05) is 42.5 Å². The second kappa shape index (κ2) is 6.30. The molecule has 0 fully saturated rings. The monoisotopic (exact) mass is 235 g/mol. The first kappa shape index (κ1) is 12.0. The normalized spacial score (nSPS) is 11.1. The largest absolute Gasteiger partial charge is 0.290 e. The summed E-state index contributed by atoms with van der Waals surface area (Å²) >= 11 is 0. The number of allylic oxidation sites excluding steroid dienone is 2. The molecule has 0 amide bonds. The van der Waals surface area contributed by atoms with E-state index in [4.69, 9.17) is 0 Å². The number of ketones is 1. The Morgan fingerprint density at radius 3 is 2.33 bits per heavy atom. The molecule has 0 radical (unpaired) electrons. The summed E-state index contributed by atoms with van der Waals surface area (Å²) in [5.41, 5.74) is 1.79. The van der Waals surface area contributed by atoms with E-state index in [1.54, 1.807) is 24.4 Å². The Bertz CT molecular complexity index is 505. The number of hydrogen-bond acceptors (Lipinski definition) is 2. The molecule has 2 heteroatoms. The lowest BCUT2D eigenvalue weighted by Gasteiger charge is -1.90. The summed E-state index contributed by atoms with van der Waals surface area (Å²) in [5.74, 6) is -0.0514. The van der Waals surface area contributed by atoms with Crippen molar-refractivity contribution < 1.29 is 4.79 Å². The van der Waals surface area contributed by atoms with E-state index in [-0.39, 0.29) is 5.78 Å². The number of aromatic nitrogens is 1. The Labute approximate surface area is 106 Å². The van der Waals surface area contributed by atoms with Crippen LogP contribution in [-0.4, -0.2) is 10.8 Å². The van der Waals surface area contributed by atoms with Crippen LogP contribution in [-0.2, 0) is 4.79 Å². The first-order chi connectivity index (χ1) is 8.84. The third-order valence-electron chi connectivity index (χ3n) is 2.35. The smallest absolute Gasteiger partial charge is 0.178 e. The van der Waals surface area contributed by atoms with E-state index >= 15 is 0 Å². The molecule has 1 heterocycles. The van der Waals surface area contributed by atoms with E-state index < -0.39 is 0 Å². The van der Waals surface area contributed by atoms with Gasteiger partial charge >= 0.3 is 0 Å². The molecule has 18 heavy (non-hydrogen) atoms. The molecular weight excluding hydrogens is 222 g/mol. The fourth-order valence-electron chi connectivity index (χ4n) is 1.44. The molecule has 2 rings (SSSR count). The molecule has 88 valence electrons. The highest BCUT2D eigenvalue weighted by Gasteiger charge is 1.90. The van der Waals surface area contributed by atoms with Crippen LogP contribution in [0.25, 0.3) is 12.2 Å². The third-order valence-corrected chi connectivity index (χ3v) is 2.35. The van der Waals surface area contributed by atoms with Gasteiger partial charge in [0.25, 0.3) is 0 Å². The van der Waals surface area contributed by atoms with Gasteiger partial charge in [-0.25, -0.2) is 0 Å². The minimum absolute atomic E-state index is 0.0514. The quantitative estimate of drug-likeness (QED) is 0.760. The van der Waals surface area contributed by atoms with Crippen molar-refractivity contribution >= 4 is 17.9 Å². The number of hydrogen-bond donors (Lipinski definition) is 0. The Morgan fingerprint density at radius 2 is 1.61 bits per heavy atom. The van der Waals surface area contributed by atoms with Crippen molar-refractivity contribution in [2.75, 3.05) is 0 Å². The molecule has 1 aromatic carbocycles. The molecule has 2 nitrogen and oxygen atoms in total. The highest BCUT2D eigenvalue weighted by molar-refractivity contribution is 6.04. The molecule has 0 unspecified atom stereocenters. The van der Waals surface area contributed by atoms with E-state index in [9.17, 15) is 4.79 Å². The van der Waals surface area contributed by atoms with Gasteiger partial charge in [0, 0.05) is 6.20 Å². The molecule has 0 aliphatic carbocycles. The molecule has 2 aromatic rings. The molecule has 0 saturated heterocycles. The summed E-state index contributed by atoms with van der Waals surface area (Å²) in [6.07, 6.45) is 8.27. The number of benzene rings is 1. The van der Waals surface area contributed by atoms with Gasteiger partial charge in [0.2, 0.25) is 0 Å². The van der Waals surface area contributed by atoms with Crippen LogP contribution in [0.2, 0.25) is 0 Å². The predicted octanol–water partition coefficient (Wildman–Crippen LogP) is 3.38. The van der Waals surface area contributed by atoms with E-state index in [2.05, 4.69) is 4.98 Å². The zero-order valence-corrected chi connectivity index (χ0v) is 9.86. The van der Waals surface area contributed by atoms with Crippen LogP contribution in [0.1, 0.15) is 11.3 Å². The Balaban J connectivity index is 1.97. The summed E-state index contributed by atoms with van der Waals surface area (Å²) in [6.45, 7) is 0. The number of carbonyl (C=O) groups is 1. The van der Waals surface area contributed by atoms with Gasteiger partial charge in [0.15, 0.2) is 5.78 Å². The fourth-order valence-corrected chi connectivity index (χ4v) is 1.44. The number of carbonyl (C=O) groups excluding carboxylic acids is 1. The summed E-state index contributed by atoms with van der Waals surface area (Å²) in [7, 11) is 0. The van der Waals surface area contributed by atoms with Crippen molar-refractivity contribution in [3.8, 4) is 0 Å². The Hall–Kier alpha value is -2.48. The first-order valence-corrected chi connectivity index (χ1v) is 5.71. The van der Waals surface area contributed by atoms with Gasteiger partial charge < -0.3 is 0 Å². The lowest BCUT2D eigenvalue weighted by atomic mass is 10.2. The molecule has 0 aliphatic rings. The van der Waals surface area contributed by atoms with E-state index in [0.717, 1.165) is 11.3 Å². The molecule has 0 saturated carbocycles. The third kappa shape index (κ3) is 3.83. The first-order valence-electron chi connectivity index (χ1n) is 5.71. The zero-order valence-electron chi connectivity index (χ0n) is 9.86. The summed E-state index contributed by atoms with van der Waals surface area (Å²) in [6, 6.07) is 15.3. The Kier molecular flexibility index (Phi) is 4.20. The van der Waals surface area contributed by atoms with Crippen molar-refractivity contribution in [1.29, 1.82) is 0 Å². The maximum Gasteiger partial charge on any atom is 0.178 e. The minimum Gasteiger partial charge on any atom is -0.290 e. The topological polar surface area (TPSA) is 30.0 Å². The highest BCUT2D eigenvalue weighted by Crippen LogP contribution is 2.02. The number of pyridine rings is 1. The average Bonchev–Trinajstić information content (AvgIpc) is 2.45. The minimum atomic E-state index is -0.0514. The van der Waals surface area contributed by atoms with Crippen LogP contribution >= 0.6 is 0 Å². The summed E-state index contributed by atoms with van der Waals surface area (Å²) < 4.78 is 0. The summed E-state index contributed by atoms with van der Waals surface area (Å²) in [5, 5.41) is 0. The van der Waals surface area contributed by atoms with Crippen LogP contribution in [0.4, 0.5) is 0 Å². The second-order valence-corrected chi connectivity index (χ2v) is 3.73. The average molecular weight is 235 g/mol. The zero-order chi connectivity index (χ0) is 12.6. The standard InChI is InChI=1S/C16H13NO/c18-16(11-9-14-6-2-1-3-7-14)12-10-15-8-4-5-13-17-15/h1-13H/b11-9+,12-10+. The molecule has 0 atom stereocenters. The number of rotatable bonds is 4. The van der Waals surface area contributed by atoms with Gasteiger partial charge in [0.1, 0.15) is 0 Å². The molecular formula is C16H13NO. The SMILES string of the molecule is O=C(/C=C/c1ccccc1)/C=C/c1ccccn1. The lowest BCUT2D eigenvalue weighted by Crippen LogP contribution is -1.85. The van der Waals surface area contributed by atoms with Crippen molar-refractivity contribution in [2.24, 2.45) is 0 Å². The maximum atomic E-state index is 11.6. The molecule has 0 aliphatic heterocycles. The number of nitrogens with zero attached hydrogens (tertiary/aromatic N) is 1. The van der Waals surface area contributed by atoms with E-state index in [1.165, 1.54) is 6.08 Å². The summed E-state index contributed by atoms with van der Waals surface area (Å²) in [4.78, 5) is 15.7. The van der Waals surface area contributed by atoms with E-state index in [1.807, 2.05) is 48.5 Å². The maximum absolute atomic E-state index is 11.6.